The van der Waals surface area contributed by atoms with Crippen LogP contribution >= 0.6 is 0 Å². The van der Waals surface area contributed by atoms with Crippen molar-refractivity contribution in [2.45, 2.75) is 44.1 Å². The fourth-order valence-corrected chi connectivity index (χ4v) is 4.32. The Labute approximate surface area is 148 Å². The van der Waals surface area contributed by atoms with Crippen molar-refractivity contribution < 1.29 is 4.79 Å². The highest BCUT2D eigenvalue weighted by atomic mass is 16.2. The van der Waals surface area contributed by atoms with E-state index in [0.29, 0.717) is 11.3 Å². The molecule has 132 valence electrons. The fourth-order valence-electron chi connectivity index (χ4n) is 4.32. The summed E-state index contributed by atoms with van der Waals surface area (Å²) in [5, 5.41) is 6.03. The Morgan fingerprint density at radius 3 is 3.08 bits per heavy atom. The molecule has 5 nitrogen and oxygen atoms in total. The lowest BCUT2D eigenvalue weighted by Crippen LogP contribution is -2.37. The van der Waals surface area contributed by atoms with Gasteiger partial charge in [0.1, 0.15) is 0 Å². The first-order valence-electron chi connectivity index (χ1n) is 9.34. The van der Waals surface area contributed by atoms with E-state index in [-0.39, 0.29) is 6.03 Å². The van der Waals surface area contributed by atoms with Crippen LogP contribution < -0.4 is 10.6 Å². The Hall–Kier alpha value is -2.30. The van der Waals surface area contributed by atoms with E-state index in [0.717, 1.165) is 32.5 Å². The number of amides is 2. The number of hydrogen-bond acceptors (Lipinski definition) is 2. The quantitative estimate of drug-likeness (QED) is 0.763. The fraction of sp³-hybridized carbons (Fsp3) is 0.500. The van der Waals surface area contributed by atoms with Crippen LogP contribution in [0.5, 0.6) is 0 Å². The molecule has 5 heteroatoms. The van der Waals surface area contributed by atoms with Crippen LogP contribution in [0.25, 0.3) is 0 Å². The first kappa shape index (κ1) is 16.2. The zero-order chi connectivity index (χ0) is 17.1. The van der Waals surface area contributed by atoms with Gasteiger partial charge in [-0.3, -0.25) is 0 Å². The lowest BCUT2D eigenvalue weighted by molar-refractivity contribution is 0.240. The minimum atomic E-state index is -0.0315. The number of imidazole rings is 1. The van der Waals surface area contributed by atoms with Gasteiger partial charge < -0.3 is 15.2 Å². The molecular weight excluding hydrogens is 312 g/mol. The highest BCUT2D eigenvalue weighted by Gasteiger charge is 2.57. The average Bonchev–Trinajstić information content (AvgIpc) is 2.96. The van der Waals surface area contributed by atoms with E-state index in [1.807, 2.05) is 12.5 Å². The molecule has 2 aromatic rings. The van der Waals surface area contributed by atoms with Crippen molar-refractivity contribution in [2.75, 3.05) is 13.1 Å². The molecule has 1 fully saturated rings. The van der Waals surface area contributed by atoms with Crippen molar-refractivity contribution in [1.82, 2.24) is 20.2 Å². The van der Waals surface area contributed by atoms with Gasteiger partial charge in [-0.15, -0.1) is 0 Å². The van der Waals surface area contributed by atoms with Crippen molar-refractivity contribution in [3.05, 3.63) is 54.1 Å². The van der Waals surface area contributed by atoms with Crippen LogP contribution in [0.3, 0.4) is 0 Å². The van der Waals surface area contributed by atoms with Crippen LogP contribution in [-0.2, 0) is 18.4 Å². The molecule has 0 unspecified atom stereocenters. The zero-order valence-electron chi connectivity index (χ0n) is 14.6. The largest absolute Gasteiger partial charge is 0.338 e. The van der Waals surface area contributed by atoms with Crippen molar-refractivity contribution in [1.29, 1.82) is 0 Å². The second-order valence-corrected chi connectivity index (χ2v) is 7.36. The second kappa shape index (κ2) is 6.90. The standard InChI is InChI=1S/C20H26N4O/c25-19(22-9-3-4-11-24-12-10-21-15-24)23-14-17-13-20(17)8-7-16-5-1-2-6-18(16)20/h1-2,5-6,10,12,15,17H,3-4,7-9,11,13-14H2,(H2,22,23,25)/t17-,20+/m0/s1. The Morgan fingerprint density at radius 1 is 1.28 bits per heavy atom. The number of aromatic nitrogens is 2. The molecule has 2 N–H and O–H groups in total. The van der Waals surface area contributed by atoms with Gasteiger partial charge in [-0.05, 0) is 49.1 Å². The molecular formula is C20H26N4O. The second-order valence-electron chi connectivity index (χ2n) is 7.36. The summed E-state index contributed by atoms with van der Waals surface area (Å²) >= 11 is 0. The summed E-state index contributed by atoms with van der Waals surface area (Å²) in [4.78, 5) is 16.0. The molecule has 25 heavy (non-hydrogen) atoms. The molecule has 2 aliphatic carbocycles. The number of hydrogen-bond donors (Lipinski definition) is 2. The summed E-state index contributed by atoms with van der Waals surface area (Å²) in [6, 6.07) is 8.78. The van der Waals surface area contributed by atoms with Gasteiger partial charge in [-0.25, -0.2) is 9.78 Å². The summed E-state index contributed by atoms with van der Waals surface area (Å²) in [7, 11) is 0. The van der Waals surface area contributed by atoms with Gasteiger partial charge in [-0.2, -0.15) is 0 Å². The van der Waals surface area contributed by atoms with E-state index >= 15 is 0 Å². The van der Waals surface area contributed by atoms with Gasteiger partial charge >= 0.3 is 6.03 Å². The Bertz CT molecular complexity index is 727. The molecule has 1 aromatic carbocycles. The molecule has 1 heterocycles. The average molecular weight is 338 g/mol. The van der Waals surface area contributed by atoms with Crippen LogP contribution in [0.1, 0.15) is 36.8 Å². The predicted octanol–water partition coefficient (Wildman–Crippen LogP) is 2.87. The SMILES string of the molecule is O=C(NCCCCn1ccnc1)NC[C@@H]1C[C@]12CCc1ccccc12. The zero-order valence-corrected chi connectivity index (χ0v) is 14.6. The highest BCUT2D eigenvalue weighted by molar-refractivity contribution is 5.73. The number of benzene rings is 1. The number of fused-ring (bicyclic) bond motifs is 2. The summed E-state index contributed by atoms with van der Waals surface area (Å²) in [5.41, 5.74) is 3.39. The van der Waals surface area contributed by atoms with Gasteiger partial charge in [0.25, 0.3) is 0 Å². The van der Waals surface area contributed by atoms with E-state index in [1.165, 1.54) is 30.4 Å². The molecule has 1 aromatic heterocycles. The van der Waals surface area contributed by atoms with Crippen LogP contribution in [0.2, 0.25) is 0 Å². The smallest absolute Gasteiger partial charge is 0.314 e. The van der Waals surface area contributed by atoms with Gasteiger partial charge in [-0.1, -0.05) is 24.3 Å². The minimum absolute atomic E-state index is 0.0315. The van der Waals surface area contributed by atoms with Gasteiger partial charge in [0, 0.05) is 37.4 Å². The molecule has 0 radical (unpaired) electrons. The lowest BCUT2D eigenvalue weighted by atomic mass is 9.95. The Balaban J connectivity index is 1.14. The van der Waals surface area contributed by atoms with E-state index in [9.17, 15) is 4.79 Å². The van der Waals surface area contributed by atoms with E-state index in [4.69, 9.17) is 0 Å². The Kier molecular flexibility index (Phi) is 4.47. The molecule has 0 aliphatic heterocycles. The maximum absolute atomic E-state index is 12.0. The normalized spacial score (nSPS) is 23.4. The summed E-state index contributed by atoms with van der Waals surface area (Å²) in [6.07, 6.45) is 11.3. The van der Waals surface area contributed by atoms with Crippen molar-refractivity contribution >= 4 is 6.03 Å². The number of carbonyl (C=O) groups excluding carboxylic acids is 1. The Morgan fingerprint density at radius 2 is 2.20 bits per heavy atom. The minimum Gasteiger partial charge on any atom is -0.338 e. The molecule has 2 atom stereocenters. The number of carbonyl (C=O) groups is 1. The monoisotopic (exact) mass is 338 g/mol. The van der Waals surface area contributed by atoms with Crippen LogP contribution in [0.15, 0.2) is 43.0 Å². The maximum atomic E-state index is 12.0. The van der Waals surface area contributed by atoms with Crippen LogP contribution in [0, 0.1) is 5.92 Å². The highest BCUT2D eigenvalue weighted by Crippen LogP contribution is 2.61. The predicted molar refractivity (Wildman–Crippen MR) is 97.4 cm³/mol. The van der Waals surface area contributed by atoms with Gasteiger partial charge in [0.2, 0.25) is 0 Å². The van der Waals surface area contributed by atoms with E-state index in [1.54, 1.807) is 6.20 Å². The summed E-state index contributed by atoms with van der Waals surface area (Å²) in [5.74, 6) is 0.600. The molecule has 1 spiro atoms. The molecule has 4 rings (SSSR count). The van der Waals surface area contributed by atoms with Crippen molar-refractivity contribution in [3.8, 4) is 0 Å². The molecule has 2 aliphatic rings. The molecule has 2 amide bonds. The van der Waals surface area contributed by atoms with Crippen LogP contribution in [0.4, 0.5) is 4.79 Å². The summed E-state index contributed by atoms with van der Waals surface area (Å²) in [6.45, 7) is 2.46. The number of unbranched alkanes of at least 4 members (excludes halogenated alkanes) is 1. The van der Waals surface area contributed by atoms with Gasteiger partial charge in [0.05, 0.1) is 6.33 Å². The molecule has 1 saturated carbocycles. The number of rotatable bonds is 7. The summed E-state index contributed by atoms with van der Waals surface area (Å²) < 4.78 is 2.06. The van der Waals surface area contributed by atoms with E-state index in [2.05, 4.69) is 44.5 Å². The lowest BCUT2D eigenvalue weighted by Gasteiger charge is -2.12. The first-order valence-corrected chi connectivity index (χ1v) is 9.34. The molecule has 0 saturated heterocycles. The third-order valence-electron chi connectivity index (χ3n) is 5.82. The maximum Gasteiger partial charge on any atom is 0.314 e. The van der Waals surface area contributed by atoms with Crippen molar-refractivity contribution in [2.24, 2.45) is 5.92 Å². The third kappa shape index (κ3) is 3.41. The number of nitrogens with one attached hydrogen (secondary N) is 2. The number of nitrogens with zero attached hydrogens (tertiary/aromatic N) is 2. The molecule has 0 bridgehead atoms. The van der Waals surface area contributed by atoms with Crippen LogP contribution in [-0.4, -0.2) is 28.7 Å². The van der Waals surface area contributed by atoms with Crippen molar-refractivity contribution in [3.63, 3.8) is 0 Å². The van der Waals surface area contributed by atoms with Gasteiger partial charge in [0.15, 0.2) is 0 Å². The number of urea groups is 1. The first-order chi connectivity index (χ1) is 12.3. The third-order valence-corrected chi connectivity index (χ3v) is 5.82. The van der Waals surface area contributed by atoms with E-state index < -0.39 is 0 Å². The topological polar surface area (TPSA) is 59.0 Å². The number of aryl methyl sites for hydroxylation is 2.